The Labute approximate surface area is 188 Å². The minimum Gasteiger partial charge on any atom is -0.508 e. The van der Waals surface area contributed by atoms with Crippen molar-refractivity contribution in [2.45, 2.75) is 0 Å². The summed E-state index contributed by atoms with van der Waals surface area (Å²) in [6.45, 7) is 0. The van der Waals surface area contributed by atoms with Crippen molar-refractivity contribution in [1.29, 1.82) is 0 Å². The fourth-order valence-corrected chi connectivity index (χ4v) is 3.84. The van der Waals surface area contributed by atoms with Crippen LogP contribution in [0, 0.1) is 0 Å². The average molecular weight is 438 g/mol. The lowest BCUT2D eigenvalue weighted by Gasteiger charge is -2.17. The highest BCUT2D eigenvalue weighted by atomic mass is 16.5. The Bertz CT molecular complexity index is 1510. The molecule has 0 atom stereocenters. The van der Waals surface area contributed by atoms with Gasteiger partial charge in [0.15, 0.2) is 5.43 Å². The van der Waals surface area contributed by atoms with Crippen LogP contribution >= 0.6 is 0 Å². The number of hydrogen-bond acceptors (Lipinski definition) is 6. The minimum atomic E-state index is -0.458. The zero-order chi connectivity index (χ0) is 22.9. The van der Waals surface area contributed by atoms with E-state index in [1.165, 1.54) is 31.4 Å². The zero-order valence-corrected chi connectivity index (χ0v) is 17.6. The number of hydrogen-bond donors (Lipinski definition) is 1. The van der Waals surface area contributed by atoms with E-state index < -0.39 is 5.97 Å². The largest absolute Gasteiger partial charge is 0.508 e. The van der Waals surface area contributed by atoms with Crippen molar-refractivity contribution >= 4 is 16.9 Å². The van der Waals surface area contributed by atoms with Gasteiger partial charge >= 0.3 is 5.97 Å². The number of benzene rings is 4. The standard InChI is InChI=1S/C27H18O6/c1-31-27(30)21-5-3-2-4-20(21)26-22-12-8-17(29)14-24(22)33-25-15-19(11-13-23(25)26)32-18-9-6-16(28)7-10-18/h2-15,28H,1H3. The van der Waals surface area contributed by atoms with E-state index in [1.54, 1.807) is 42.5 Å². The molecular weight excluding hydrogens is 420 g/mol. The number of methoxy groups -OCH3 is 1. The number of carbonyl (C=O) groups is 1. The Morgan fingerprint density at radius 3 is 2.39 bits per heavy atom. The van der Waals surface area contributed by atoms with Gasteiger partial charge in [0.2, 0.25) is 0 Å². The maximum Gasteiger partial charge on any atom is 0.338 e. The van der Waals surface area contributed by atoms with Crippen LogP contribution in [0.3, 0.4) is 0 Å². The van der Waals surface area contributed by atoms with E-state index in [0.717, 1.165) is 10.9 Å². The average Bonchev–Trinajstić information content (AvgIpc) is 2.83. The normalized spacial score (nSPS) is 10.9. The molecule has 0 bridgehead atoms. The minimum absolute atomic E-state index is 0.143. The van der Waals surface area contributed by atoms with Gasteiger partial charge in [0, 0.05) is 28.6 Å². The summed E-state index contributed by atoms with van der Waals surface area (Å²) in [4.78, 5) is 24.5. The lowest BCUT2D eigenvalue weighted by Crippen LogP contribution is -2.05. The van der Waals surface area contributed by atoms with Gasteiger partial charge in [-0.05, 0) is 60.2 Å². The first-order chi connectivity index (χ1) is 16.0. The number of esters is 1. The summed E-state index contributed by atoms with van der Waals surface area (Å²) in [7, 11) is 1.34. The second-order valence-electron chi connectivity index (χ2n) is 7.43. The lowest BCUT2D eigenvalue weighted by molar-refractivity contribution is 0.0601. The van der Waals surface area contributed by atoms with E-state index in [9.17, 15) is 14.7 Å². The van der Waals surface area contributed by atoms with Crippen LogP contribution in [-0.4, -0.2) is 18.2 Å². The maximum absolute atomic E-state index is 12.5. The molecule has 162 valence electrons. The molecule has 3 aromatic rings. The van der Waals surface area contributed by atoms with Gasteiger partial charge in [0.1, 0.15) is 28.6 Å². The van der Waals surface area contributed by atoms with Crippen molar-refractivity contribution in [1.82, 2.24) is 0 Å². The van der Waals surface area contributed by atoms with Gasteiger partial charge in [0.05, 0.1) is 12.7 Å². The van der Waals surface area contributed by atoms with Gasteiger partial charge < -0.3 is 19.0 Å². The number of ether oxygens (including phenoxy) is 2. The molecule has 33 heavy (non-hydrogen) atoms. The third-order valence-corrected chi connectivity index (χ3v) is 5.34. The van der Waals surface area contributed by atoms with Crippen LogP contribution in [0.5, 0.6) is 17.2 Å². The molecule has 0 aromatic heterocycles. The number of phenols is 1. The molecule has 1 aliphatic carbocycles. The quantitative estimate of drug-likeness (QED) is 0.280. The molecule has 2 aliphatic rings. The van der Waals surface area contributed by atoms with Crippen molar-refractivity contribution in [3.05, 3.63) is 101 Å². The fraction of sp³-hybridized carbons (Fsp3) is 0.0370. The third-order valence-electron chi connectivity index (χ3n) is 5.34. The number of rotatable bonds is 4. The Hall–Kier alpha value is -4.58. The van der Waals surface area contributed by atoms with Gasteiger partial charge in [-0.1, -0.05) is 18.2 Å². The van der Waals surface area contributed by atoms with E-state index >= 15 is 0 Å². The second-order valence-corrected chi connectivity index (χ2v) is 7.43. The van der Waals surface area contributed by atoms with E-state index in [-0.39, 0.29) is 11.2 Å². The molecule has 0 unspecified atom stereocenters. The maximum atomic E-state index is 12.5. The van der Waals surface area contributed by atoms with Crippen LogP contribution in [-0.2, 0) is 4.74 Å². The molecule has 0 saturated heterocycles. The van der Waals surface area contributed by atoms with Crippen LogP contribution in [0.15, 0.2) is 94.1 Å². The van der Waals surface area contributed by atoms with Gasteiger partial charge in [-0.3, -0.25) is 4.79 Å². The molecule has 1 heterocycles. The molecule has 0 amide bonds. The predicted molar refractivity (Wildman–Crippen MR) is 124 cm³/mol. The number of carbonyl (C=O) groups excluding carboxylic acids is 1. The number of aromatic hydroxyl groups is 1. The van der Waals surface area contributed by atoms with Crippen molar-refractivity contribution in [3.8, 4) is 39.7 Å². The summed E-state index contributed by atoms with van der Waals surface area (Å²) in [6, 6.07) is 23.5. The van der Waals surface area contributed by atoms with Crippen LogP contribution < -0.4 is 10.2 Å². The number of fused-ring (bicyclic) bond motifs is 2. The van der Waals surface area contributed by atoms with Crippen molar-refractivity contribution in [2.75, 3.05) is 7.11 Å². The SMILES string of the molecule is COC(=O)c1ccccc1-c1c2ccc(=O)cc-2oc2cc(Oc3ccc(O)cc3)ccc12. The molecule has 1 aliphatic heterocycles. The molecule has 0 radical (unpaired) electrons. The highest BCUT2D eigenvalue weighted by molar-refractivity contribution is 6.07. The Kier molecular flexibility index (Phi) is 5.03. The first-order valence-corrected chi connectivity index (χ1v) is 10.2. The van der Waals surface area contributed by atoms with Gasteiger partial charge in [-0.2, -0.15) is 0 Å². The predicted octanol–water partition coefficient (Wildman–Crippen LogP) is 5.85. The monoisotopic (exact) mass is 438 g/mol. The van der Waals surface area contributed by atoms with Gasteiger partial charge in [-0.25, -0.2) is 4.79 Å². The molecule has 0 spiro atoms. The van der Waals surface area contributed by atoms with Crippen LogP contribution in [0.4, 0.5) is 0 Å². The summed E-state index contributed by atoms with van der Waals surface area (Å²) < 4.78 is 17.0. The van der Waals surface area contributed by atoms with E-state index in [2.05, 4.69) is 0 Å². The fourth-order valence-electron chi connectivity index (χ4n) is 3.84. The van der Waals surface area contributed by atoms with Gasteiger partial charge in [0.25, 0.3) is 0 Å². The summed E-state index contributed by atoms with van der Waals surface area (Å²) >= 11 is 0. The first kappa shape index (κ1) is 20.3. The van der Waals surface area contributed by atoms with Crippen LogP contribution in [0.25, 0.3) is 33.4 Å². The van der Waals surface area contributed by atoms with E-state index in [1.807, 2.05) is 18.2 Å². The molecule has 6 heteroatoms. The van der Waals surface area contributed by atoms with E-state index in [4.69, 9.17) is 13.9 Å². The summed E-state index contributed by atoms with van der Waals surface area (Å²) in [6.07, 6.45) is 0. The summed E-state index contributed by atoms with van der Waals surface area (Å²) in [5, 5.41) is 10.2. The summed E-state index contributed by atoms with van der Waals surface area (Å²) in [5.74, 6) is 1.14. The summed E-state index contributed by atoms with van der Waals surface area (Å²) in [5.41, 5.74) is 2.83. The Morgan fingerprint density at radius 2 is 1.61 bits per heavy atom. The van der Waals surface area contributed by atoms with Crippen LogP contribution in [0.2, 0.25) is 0 Å². The Morgan fingerprint density at radius 1 is 0.848 bits per heavy atom. The molecule has 1 N–H and O–H groups in total. The highest BCUT2D eigenvalue weighted by Crippen LogP contribution is 2.42. The molecule has 6 nitrogen and oxygen atoms in total. The van der Waals surface area contributed by atoms with Crippen LogP contribution in [0.1, 0.15) is 10.4 Å². The second kappa shape index (κ2) is 8.16. The van der Waals surface area contributed by atoms with Crippen molar-refractivity contribution < 1.29 is 23.8 Å². The molecule has 0 fully saturated rings. The molecular formula is C27H18O6. The lowest BCUT2D eigenvalue weighted by atomic mass is 9.91. The topological polar surface area (TPSA) is 86.0 Å². The molecule has 0 saturated carbocycles. The van der Waals surface area contributed by atoms with Crippen molar-refractivity contribution in [3.63, 3.8) is 0 Å². The molecule has 5 rings (SSSR count). The van der Waals surface area contributed by atoms with Crippen molar-refractivity contribution in [2.24, 2.45) is 0 Å². The smallest absolute Gasteiger partial charge is 0.338 e. The Balaban J connectivity index is 1.75. The number of phenolic OH excluding ortho intramolecular Hbond substituents is 1. The zero-order valence-electron chi connectivity index (χ0n) is 17.6. The third kappa shape index (κ3) is 3.78. The highest BCUT2D eigenvalue weighted by Gasteiger charge is 2.22. The molecule has 3 aromatic carbocycles. The van der Waals surface area contributed by atoms with Gasteiger partial charge in [-0.15, -0.1) is 0 Å². The first-order valence-electron chi connectivity index (χ1n) is 10.2. The van der Waals surface area contributed by atoms with E-state index in [0.29, 0.717) is 39.5 Å².